The number of piperazine rings is 1. The van der Waals surface area contributed by atoms with Crippen LogP contribution in [-0.4, -0.2) is 79.9 Å². The number of rotatable bonds is 7. The molecule has 1 fully saturated rings. The first kappa shape index (κ1) is 36.7. The molecule has 2 N–H and O–H groups in total. The quantitative estimate of drug-likeness (QED) is 0.311. The number of methoxy groups -OCH3 is 1. The van der Waals surface area contributed by atoms with E-state index in [9.17, 15) is 18.0 Å². The molecule has 2 amide bonds. The lowest BCUT2D eigenvalue weighted by Crippen LogP contribution is -2.49. The molecule has 1 saturated heterocycles. The molecule has 0 aliphatic carbocycles. The van der Waals surface area contributed by atoms with Crippen molar-refractivity contribution in [3.05, 3.63) is 53.2 Å². The van der Waals surface area contributed by atoms with Crippen molar-refractivity contribution in [3.63, 3.8) is 0 Å². The number of anilines is 2. The SMILES string of the molecule is CC.COc1c(NC(=O)c2cc3cccc(CN4CCN(C(=O)OC(C)(C)C)CC4)c3n2C)cc(C(C)(C)C)cc1NS(C)(=O)=O. The van der Waals surface area contributed by atoms with E-state index in [0.29, 0.717) is 44.1 Å². The summed E-state index contributed by atoms with van der Waals surface area (Å²) in [4.78, 5) is 30.3. The number of aromatic nitrogens is 1. The molecule has 0 bridgehead atoms. The second kappa shape index (κ2) is 14.3. The fourth-order valence-corrected chi connectivity index (χ4v) is 5.89. The van der Waals surface area contributed by atoms with E-state index >= 15 is 0 Å². The monoisotopic (exact) mass is 657 g/mol. The molecular formula is C34H51N5O6S. The molecule has 254 valence electrons. The molecule has 0 atom stereocenters. The first-order valence-electron chi connectivity index (χ1n) is 15.7. The van der Waals surface area contributed by atoms with Crippen molar-refractivity contribution in [1.29, 1.82) is 0 Å². The average molecular weight is 658 g/mol. The van der Waals surface area contributed by atoms with Gasteiger partial charge in [0.05, 0.1) is 30.3 Å². The standard InChI is InChI=1S/C32H45N5O6S.C2H6/c1-31(2,3)23-18-24(28(42-8)25(19-23)34-44(9,40)41)33-29(38)26-17-21-11-10-12-22(27(21)35(26)7)20-36-13-15-37(16-14-36)30(39)43-32(4,5)6;1-2/h10-12,17-19,34H,13-16,20H2,1-9H3,(H,33,38);1-2H3. The highest BCUT2D eigenvalue weighted by Crippen LogP contribution is 2.39. The van der Waals surface area contributed by atoms with Gasteiger partial charge in [-0.15, -0.1) is 0 Å². The summed E-state index contributed by atoms with van der Waals surface area (Å²) in [6.07, 6.45) is 0.781. The van der Waals surface area contributed by atoms with E-state index in [4.69, 9.17) is 9.47 Å². The lowest BCUT2D eigenvalue weighted by atomic mass is 9.86. The summed E-state index contributed by atoms with van der Waals surface area (Å²) in [7, 11) is -0.304. The van der Waals surface area contributed by atoms with E-state index in [2.05, 4.69) is 21.0 Å². The van der Waals surface area contributed by atoms with Gasteiger partial charge in [-0.3, -0.25) is 14.4 Å². The van der Waals surface area contributed by atoms with Gasteiger partial charge in [-0.2, -0.15) is 0 Å². The summed E-state index contributed by atoms with van der Waals surface area (Å²) in [6, 6.07) is 11.4. The van der Waals surface area contributed by atoms with Crippen LogP contribution in [0.2, 0.25) is 0 Å². The van der Waals surface area contributed by atoms with Gasteiger partial charge in [0.25, 0.3) is 5.91 Å². The van der Waals surface area contributed by atoms with Gasteiger partial charge in [-0.25, -0.2) is 13.2 Å². The van der Waals surface area contributed by atoms with Gasteiger partial charge < -0.3 is 24.3 Å². The van der Waals surface area contributed by atoms with Gasteiger partial charge in [-0.05, 0) is 55.5 Å². The summed E-state index contributed by atoms with van der Waals surface area (Å²) in [5.41, 5.74) is 3.05. The molecule has 0 saturated carbocycles. The van der Waals surface area contributed by atoms with Gasteiger partial charge >= 0.3 is 6.09 Å². The van der Waals surface area contributed by atoms with Crippen LogP contribution in [0.5, 0.6) is 5.75 Å². The predicted octanol–water partition coefficient (Wildman–Crippen LogP) is 6.19. The summed E-state index contributed by atoms with van der Waals surface area (Å²) in [5, 5.41) is 3.90. The number of hydrogen-bond acceptors (Lipinski definition) is 7. The number of fused-ring (bicyclic) bond motifs is 1. The molecule has 1 aliphatic heterocycles. The van der Waals surface area contributed by atoms with Gasteiger partial charge in [-0.1, -0.05) is 52.8 Å². The van der Waals surface area contributed by atoms with Crippen LogP contribution in [0.15, 0.2) is 36.4 Å². The van der Waals surface area contributed by atoms with Crippen LogP contribution in [0.4, 0.5) is 16.2 Å². The third kappa shape index (κ3) is 9.16. The molecule has 46 heavy (non-hydrogen) atoms. The number of sulfonamides is 1. The number of benzene rings is 2. The Morgan fingerprint density at radius 2 is 1.54 bits per heavy atom. The number of carbonyl (C=O) groups is 2. The summed E-state index contributed by atoms with van der Waals surface area (Å²) in [6.45, 7) is 18.9. The van der Waals surface area contributed by atoms with Gasteiger partial charge in [0, 0.05) is 45.2 Å². The third-order valence-corrected chi connectivity index (χ3v) is 8.08. The van der Waals surface area contributed by atoms with Gasteiger partial charge in [0.2, 0.25) is 10.0 Å². The maximum absolute atomic E-state index is 13.7. The first-order valence-corrected chi connectivity index (χ1v) is 17.5. The van der Waals surface area contributed by atoms with Crippen LogP contribution >= 0.6 is 0 Å². The number of nitrogens with zero attached hydrogens (tertiary/aromatic N) is 3. The summed E-state index contributed by atoms with van der Waals surface area (Å²) in [5.74, 6) is -0.128. The van der Waals surface area contributed by atoms with Gasteiger partial charge in [0.15, 0.2) is 5.75 Å². The number of nitrogens with one attached hydrogen (secondary N) is 2. The molecule has 1 aromatic heterocycles. The smallest absolute Gasteiger partial charge is 0.410 e. The van der Waals surface area contributed by atoms with Crippen molar-refractivity contribution in [2.75, 3.05) is 49.6 Å². The Bertz CT molecular complexity index is 1660. The highest BCUT2D eigenvalue weighted by Gasteiger charge is 2.27. The van der Waals surface area contributed by atoms with Crippen LogP contribution in [0.1, 0.15) is 77.0 Å². The third-order valence-electron chi connectivity index (χ3n) is 7.49. The molecule has 0 spiro atoms. The van der Waals surface area contributed by atoms with E-state index in [-0.39, 0.29) is 28.9 Å². The molecule has 11 nitrogen and oxygen atoms in total. The van der Waals surface area contributed by atoms with Crippen molar-refractivity contribution in [1.82, 2.24) is 14.4 Å². The van der Waals surface area contributed by atoms with Crippen molar-refractivity contribution in [2.24, 2.45) is 7.05 Å². The van der Waals surface area contributed by atoms with Crippen molar-refractivity contribution in [2.45, 2.75) is 73.0 Å². The number of ether oxygens (including phenoxy) is 2. The number of para-hydroxylation sites is 1. The fraction of sp³-hybridized carbons (Fsp3) is 0.529. The second-order valence-corrected chi connectivity index (χ2v) is 15.1. The lowest BCUT2D eigenvalue weighted by Gasteiger charge is -2.35. The molecule has 12 heteroatoms. The van der Waals surface area contributed by atoms with E-state index in [1.165, 1.54) is 7.11 Å². The number of aryl methyl sites for hydroxylation is 1. The molecule has 4 rings (SSSR count). The van der Waals surface area contributed by atoms with Crippen molar-refractivity contribution < 1.29 is 27.5 Å². The second-order valence-electron chi connectivity index (χ2n) is 13.4. The number of hydrogen-bond donors (Lipinski definition) is 2. The highest BCUT2D eigenvalue weighted by molar-refractivity contribution is 7.92. The Hall–Kier alpha value is -3.77. The molecule has 0 unspecified atom stereocenters. The number of carbonyl (C=O) groups excluding carboxylic acids is 2. The van der Waals surface area contributed by atoms with Crippen molar-refractivity contribution in [3.8, 4) is 5.75 Å². The topological polar surface area (TPSA) is 122 Å². The van der Waals surface area contributed by atoms with Crippen molar-refractivity contribution >= 4 is 44.3 Å². The molecular weight excluding hydrogens is 606 g/mol. The first-order chi connectivity index (χ1) is 21.4. The Labute approximate surface area is 274 Å². The highest BCUT2D eigenvalue weighted by atomic mass is 32.2. The largest absolute Gasteiger partial charge is 0.492 e. The van der Waals surface area contributed by atoms with E-state index in [1.54, 1.807) is 11.0 Å². The van der Waals surface area contributed by atoms with Crippen LogP contribution < -0.4 is 14.8 Å². The van der Waals surface area contributed by atoms with Gasteiger partial charge in [0.1, 0.15) is 11.3 Å². The summed E-state index contributed by atoms with van der Waals surface area (Å²) < 4.78 is 39.7. The van der Waals surface area contributed by atoms with Crippen LogP contribution in [0.25, 0.3) is 10.9 Å². The average Bonchev–Trinajstić information content (AvgIpc) is 3.29. The molecule has 2 heterocycles. The van der Waals surface area contributed by atoms with Crippen LogP contribution in [0.3, 0.4) is 0 Å². The Morgan fingerprint density at radius 1 is 0.935 bits per heavy atom. The van der Waals surface area contributed by atoms with E-state index in [0.717, 1.165) is 28.3 Å². The Kier molecular flexibility index (Phi) is 11.4. The molecule has 3 aromatic rings. The maximum Gasteiger partial charge on any atom is 0.410 e. The molecule has 1 aliphatic rings. The Morgan fingerprint density at radius 3 is 2.09 bits per heavy atom. The Balaban J connectivity index is 0.00000282. The molecule has 2 aromatic carbocycles. The predicted molar refractivity (Wildman–Crippen MR) is 185 cm³/mol. The summed E-state index contributed by atoms with van der Waals surface area (Å²) >= 11 is 0. The zero-order valence-electron chi connectivity index (χ0n) is 29.2. The minimum atomic E-state index is -3.60. The number of amides is 2. The van der Waals surface area contributed by atoms with Crippen LogP contribution in [0, 0.1) is 0 Å². The zero-order valence-corrected chi connectivity index (χ0v) is 30.0. The fourth-order valence-electron chi connectivity index (χ4n) is 5.34. The minimum Gasteiger partial charge on any atom is -0.492 e. The van der Waals surface area contributed by atoms with E-state index in [1.807, 2.05) is 91.3 Å². The van der Waals surface area contributed by atoms with E-state index < -0.39 is 15.6 Å². The molecule has 0 radical (unpaired) electrons. The zero-order chi connectivity index (χ0) is 34.6. The minimum absolute atomic E-state index is 0.224. The van der Waals surface area contributed by atoms with Crippen LogP contribution in [-0.2, 0) is 33.8 Å². The normalized spacial score (nSPS) is 14.4. The lowest BCUT2D eigenvalue weighted by molar-refractivity contribution is 0.0139. The maximum atomic E-state index is 13.7.